The lowest BCUT2D eigenvalue weighted by atomic mass is 9.69. The van der Waals surface area contributed by atoms with Gasteiger partial charge >= 0.3 is 0 Å². The lowest BCUT2D eigenvalue weighted by molar-refractivity contribution is -0.118. The van der Waals surface area contributed by atoms with Gasteiger partial charge in [-0.15, -0.1) is 0 Å². The number of furan rings is 1. The molecule has 5 rings (SSSR count). The van der Waals surface area contributed by atoms with Crippen LogP contribution in [-0.4, -0.2) is 23.8 Å². The molecule has 0 radical (unpaired) electrons. The van der Waals surface area contributed by atoms with Crippen LogP contribution >= 0.6 is 0 Å². The number of hydrogen-bond acceptors (Lipinski definition) is 7. The molecule has 0 spiro atoms. The van der Waals surface area contributed by atoms with Gasteiger partial charge in [0.1, 0.15) is 35.4 Å². The third-order valence-electron chi connectivity index (χ3n) is 6.80. The Hall–Kier alpha value is -4.33. The number of nitrogens with zero attached hydrogens (tertiary/aromatic N) is 1. The molecule has 0 saturated heterocycles. The zero-order valence-electron chi connectivity index (χ0n) is 22.0. The van der Waals surface area contributed by atoms with Gasteiger partial charge in [-0.05, 0) is 67.3 Å². The molecule has 8 heteroatoms. The van der Waals surface area contributed by atoms with Crippen LogP contribution in [0.25, 0.3) is 0 Å². The number of ketones is 1. The second-order valence-corrected chi connectivity index (χ2v) is 10.4. The molecular formula is C30H31N3O5. The summed E-state index contributed by atoms with van der Waals surface area (Å²) in [6.07, 6.45) is 2.71. The first-order valence-electron chi connectivity index (χ1n) is 12.6. The molecule has 1 aliphatic carbocycles. The van der Waals surface area contributed by atoms with E-state index in [0.29, 0.717) is 52.8 Å². The Morgan fingerprint density at radius 3 is 2.58 bits per heavy atom. The van der Waals surface area contributed by atoms with Gasteiger partial charge in [0.25, 0.3) is 5.91 Å². The molecule has 0 unspecified atom stereocenters. The summed E-state index contributed by atoms with van der Waals surface area (Å²) in [6.45, 7) is 6.21. The van der Waals surface area contributed by atoms with Gasteiger partial charge in [-0.3, -0.25) is 9.59 Å². The standard InChI is InChI=1S/C30H31N3O5/c1-18-26(29(35)33-25-7-5-6-14-31-25)28(27-22(32-18)15-30(2,3)16-23(27)34)24-13-12-21(38-24)17-37-20-10-8-19(36-4)9-11-20/h5-14,28,32H,15-17H2,1-4H3,(H,31,33,35)/t28-/m1/s1. The summed E-state index contributed by atoms with van der Waals surface area (Å²) < 4.78 is 17.3. The van der Waals surface area contributed by atoms with E-state index in [2.05, 4.69) is 29.5 Å². The molecule has 1 aliphatic heterocycles. The first-order chi connectivity index (χ1) is 18.2. The Bertz CT molecular complexity index is 1420. The fraction of sp³-hybridized carbons (Fsp3) is 0.300. The number of rotatable bonds is 7. The highest BCUT2D eigenvalue weighted by molar-refractivity contribution is 6.09. The van der Waals surface area contributed by atoms with E-state index < -0.39 is 5.92 Å². The number of carbonyl (C=O) groups is 2. The van der Waals surface area contributed by atoms with Gasteiger partial charge in [-0.1, -0.05) is 19.9 Å². The van der Waals surface area contributed by atoms with Gasteiger partial charge in [-0.2, -0.15) is 0 Å². The topological polar surface area (TPSA) is 103 Å². The minimum Gasteiger partial charge on any atom is -0.497 e. The molecular weight excluding hydrogens is 482 g/mol. The lowest BCUT2D eigenvalue weighted by Crippen LogP contribution is -2.39. The average Bonchev–Trinajstić information content (AvgIpc) is 3.35. The molecule has 3 heterocycles. The second kappa shape index (κ2) is 10.2. The van der Waals surface area contributed by atoms with Crippen molar-refractivity contribution in [3.63, 3.8) is 0 Å². The zero-order chi connectivity index (χ0) is 26.9. The summed E-state index contributed by atoms with van der Waals surface area (Å²) in [6, 6.07) is 16.2. The number of hydrogen-bond donors (Lipinski definition) is 2. The molecule has 2 aromatic heterocycles. The molecule has 1 atom stereocenters. The van der Waals surface area contributed by atoms with Gasteiger partial charge in [0.05, 0.1) is 18.6 Å². The molecule has 0 fully saturated rings. The normalized spacial score (nSPS) is 18.5. The Morgan fingerprint density at radius 1 is 1.11 bits per heavy atom. The van der Waals surface area contributed by atoms with E-state index >= 15 is 0 Å². The number of nitrogens with one attached hydrogen (secondary N) is 2. The Morgan fingerprint density at radius 2 is 1.87 bits per heavy atom. The fourth-order valence-corrected chi connectivity index (χ4v) is 5.10. The van der Waals surface area contributed by atoms with Crippen LogP contribution in [0.15, 0.2) is 87.8 Å². The number of carbonyl (C=O) groups excluding carboxylic acids is 2. The molecule has 196 valence electrons. The summed E-state index contributed by atoms with van der Waals surface area (Å²) in [4.78, 5) is 31.3. The molecule has 8 nitrogen and oxygen atoms in total. The predicted octanol–water partition coefficient (Wildman–Crippen LogP) is 5.50. The van der Waals surface area contributed by atoms with E-state index in [-0.39, 0.29) is 23.7 Å². The Labute approximate surface area is 221 Å². The van der Waals surface area contributed by atoms with E-state index in [4.69, 9.17) is 13.9 Å². The molecule has 3 aromatic rings. The van der Waals surface area contributed by atoms with Gasteiger partial charge in [0.2, 0.25) is 0 Å². The van der Waals surface area contributed by atoms with Crippen molar-refractivity contribution in [2.75, 3.05) is 12.4 Å². The number of allylic oxidation sites excluding steroid dienone is 3. The van der Waals surface area contributed by atoms with Gasteiger partial charge < -0.3 is 24.5 Å². The first-order valence-corrected chi connectivity index (χ1v) is 12.6. The van der Waals surface area contributed by atoms with Crippen LogP contribution in [-0.2, 0) is 16.2 Å². The quantitative estimate of drug-likeness (QED) is 0.430. The number of dihydropyridines is 1. The van der Waals surface area contributed by atoms with Crippen molar-refractivity contribution in [1.82, 2.24) is 10.3 Å². The molecule has 0 bridgehead atoms. The van der Waals surface area contributed by atoms with Gasteiger partial charge in [-0.25, -0.2) is 4.98 Å². The number of amides is 1. The SMILES string of the molecule is COc1ccc(OCc2ccc([C@@H]3C(C(=O)Nc4ccccn4)=C(C)NC4=C3C(=O)CC(C)(C)C4)o2)cc1. The summed E-state index contributed by atoms with van der Waals surface area (Å²) >= 11 is 0. The first kappa shape index (κ1) is 25.3. The summed E-state index contributed by atoms with van der Waals surface area (Å²) in [5.41, 5.74) is 2.36. The monoisotopic (exact) mass is 513 g/mol. The van der Waals surface area contributed by atoms with Crippen LogP contribution in [0.1, 0.15) is 51.1 Å². The highest BCUT2D eigenvalue weighted by Crippen LogP contribution is 2.47. The largest absolute Gasteiger partial charge is 0.497 e. The minimum atomic E-state index is -0.645. The third kappa shape index (κ3) is 5.20. The van der Waals surface area contributed by atoms with Crippen molar-refractivity contribution >= 4 is 17.5 Å². The van der Waals surface area contributed by atoms with Crippen LogP contribution in [0.2, 0.25) is 0 Å². The van der Waals surface area contributed by atoms with E-state index in [1.165, 1.54) is 0 Å². The van der Waals surface area contributed by atoms with Crippen LogP contribution in [0, 0.1) is 5.41 Å². The summed E-state index contributed by atoms with van der Waals surface area (Å²) in [7, 11) is 1.61. The average molecular weight is 514 g/mol. The maximum atomic E-state index is 13.6. The van der Waals surface area contributed by atoms with Crippen molar-refractivity contribution in [1.29, 1.82) is 0 Å². The van der Waals surface area contributed by atoms with Crippen molar-refractivity contribution in [2.45, 2.75) is 46.1 Å². The molecule has 0 saturated carbocycles. The number of ether oxygens (including phenoxy) is 2. The van der Waals surface area contributed by atoms with Crippen molar-refractivity contribution < 1.29 is 23.5 Å². The van der Waals surface area contributed by atoms with Gasteiger partial charge in [0.15, 0.2) is 5.78 Å². The predicted molar refractivity (Wildman–Crippen MR) is 143 cm³/mol. The summed E-state index contributed by atoms with van der Waals surface area (Å²) in [5.74, 6) is 1.98. The maximum absolute atomic E-state index is 13.6. The van der Waals surface area contributed by atoms with E-state index in [1.807, 2.05) is 43.3 Å². The molecule has 1 aromatic carbocycles. The van der Waals surface area contributed by atoms with Crippen molar-refractivity contribution in [3.05, 3.63) is 94.9 Å². The fourth-order valence-electron chi connectivity index (χ4n) is 5.10. The minimum absolute atomic E-state index is 0.0109. The second-order valence-electron chi connectivity index (χ2n) is 10.4. The molecule has 1 amide bonds. The summed E-state index contributed by atoms with van der Waals surface area (Å²) in [5, 5.41) is 6.24. The number of pyridine rings is 1. The maximum Gasteiger partial charge on any atom is 0.255 e. The number of benzene rings is 1. The Kier molecular flexibility index (Phi) is 6.80. The van der Waals surface area contributed by atoms with Crippen molar-refractivity contribution in [2.24, 2.45) is 5.41 Å². The molecule has 2 aliphatic rings. The van der Waals surface area contributed by atoms with Crippen LogP contribution in [0.4, 0.5) is 5.82 Å². The van der Waals surface area contributed by atoms with E-state index in [0.717, 1.165) is 11.4 Å². The van der Waals surface area contributed by atoms with Crippen molar-refractivity contribution in [3.8, 4) is 11.5 Å². The highest BCUT2D eigenvalue weighted by atomic mass is 16.5. The van der Waals surface area contributed by atoms with Gasteiger partial charge in [0, 0.05) is 29.6 Å². The molecule has 2 N–H and O–H groups in total. The Balaban J connectivity index is 1.46. The number of anilines is 1. The van der Waals surface area contributed by atoms with Crippen LogP contribution in [0.3, 0.4) is 0 Å². The highest BCUT2D eigenvalue weighted by Gasteiger charge is 2.44. The number of methoxy groups -OCH3 is 1. The zero-order valence-corrected chi connectivity index (χ0v) is 22.0. The number of aromatic nitrogens is 1. The smallest absolute Gasteiger partial charge is 0.255 e. The lowest BCUT2D eigenvalue weighted by Gasteiger charge is -2.38. The van der Waals surface area contributed by atoms with Crippen LogP contribution < -0.4 is 20.1 Å². The molecule has 38 heavy (non-hydrogen) atoms. The third-order valence-corrected chi connectivity index (χ3v) is 6.80. The van der Waals surface area contributed by atoms with E-state index in [1.54, 1.807) is 31.5 Å². The van der Waals surface area contributed by atoms with Crippen LogP contribution in [0.5, 0.6) is 11.5 Å². The van der Waals surface area contributed by atoms with E-state index in [9.17, 15) is 9.59 Å². The number of Topliss-reactive ketones (excluding diaryl/α,β-unsaturated/α-hetero) is 1.